The molecule has 7 heterocycles. The van der Waals surface area contributed by atoms with Crippen LogP contribution in [0, 0.1) is 16.8 Å². The van der Waals surface area contributed by atoms with Gasteiger partial charge in [-0.25, -0.2) is 56.7 Å². The first-order chi connectivity index (χ1) is 38.7. The van der Waals surface area contributed by atoms with Crippen LogP contribution >= 0.6 is 69.4 Å². The number of nitrogens with two attached hydrogens (primary N) is 6. The number of hydrogen-bond acceptors (Lipinski definition) is 23. The molecule has 0 radical (unpaired) electrons. The van der Waals surface area contributed by atoms with Crippen LogP contribution in [0.1, 0.15) is 83.4 Å². The number of thiazole rings is 2. The number of nitrogen functional groups attached to an aromatic ring is 4. The lowest BCUT2D eigenvalue weighted by Crippen LogP contribution is -2.44. The van der Waals surface area contributed by atoms with E-state index in [1.807, 2.05) is 11.0 Å². The highest BCUT2D eigenvalue weighted by Gasteiger charge is 2.49. The molecule has 2 fully saturated rings. The summed E-state index contributed by atoms with van der Waals surface area (Å²) in [7, 11) is -9.53. The summed E-state index contributed by atoms with van der Waals surface area (Å²) in [4.78, 5) is 39.6. The Bertz CT molecular complexity index is 3750. The first kappa shape index (κ1) is 58.3. The number of rotatable bonds is 10. The molecule has 0 bridgehead atoms. The zero-order valence-corrected chi connectivity index (χ0v) is 49.1. The van der Waals surface area contributed by atoms with Gasteiger partial charge in [0.25, 0.3) is 20.0 Å². The monoisotopic (exact) mass is 1250 g/mol. The molecule has 20 nitrogen and oxygen atoms in total. The van der Waals surface area contributed by atoms with Gasteiger partial charge < -0.3 is 39.3 Å². The fourth-order valence-corrected chi connectivity index (χ4v) is 17.3. The van der Waals surface area contributed by atoms with E-state index in [0.29, 0.717) is 26.5 Å². The average molecular weight is 1250 g/mol. The number of pyridine rings is 2. The Labute approximate surface area is 492 Å². The molecule has 12 rings (SSSR count). The van der Waals surface area contributed by atoms with Crippen LogP contribution < -0.4 is 39.3 Å². The number of aromatic nitrogens is 8. The van der Waals surface area contributed by atoms with Crippen LogP contribution in [0.15, 0.2) is 132 Å². The maximum Gasteiger partial charge on any atom is 0.283 e. The molecule has 3 aliphatic carbocycles. The van der Waals surface area contributed by atoms with E-state index in [1.54, 1.807) is 47.2 Å². The molecule has 0 amide bonds. The molecule has 424 valence electrons. The molecule has 2 spiro atoms. The number of nitrogens with zero attached hydrogens (tertiary/aromatic N) is 10. The van der Waals surface area contributed by atoms with Gasteiger partial charge in [0, 0.05) is 63.0 Å². The Balaban J connectivity index is 0.000000140. The summed E-state index contributed by atoms with van der Waals surface area (Å²) in [5.41, 5.74) is 43.6. The summed E-state index contributed by atoms with van der Waals surface area (Å²) in [6, 6.07) is 16.5. The van der Waals surface area contributed by atoms with Crippen molar-refractivity contribution < 1.29 is 25.7 Å². The summed E-state index contributed by atoms with van der Waals surface area (Å²) in [6.45, 7) is 1.74. The molecule has 12 N–H and O–H groups in total. The number of benzene rings is 2. The third-order valence-electron chi connectivity index (χ3n) is 15.0. The Morgan fingerprint density at radius 3 is 1.57 bits per heavy atom. The second kappa shape index (κ2) is 23.7. The van der Waals surface area contributed by atoms with Crippen LogP contribution in [0.3, 0.4) is 0 Å². The molecule has 2 aromatic carbocycles. The lowest BCUT2D eigenvalue weighted by molar-refractivity contribution is 0.147. The molecule has 81 heavy (non-hydrogen) atoms. The Hall–Kier alpha value is -5.92. The van der Waals surface area contributed by atoms with Crippen LogP contribution in [0.2, 0.25) is 10.0 Å². The summed E-state index contributed by atoms with van der Waals surface area (Å²) >= 11 is 18.2. The quantitative estimate of drug-likeness (QED) is 0.0694. The first-order valence-corrected chi connectivity index (χ1v) is 32.0. The predicted molar refractivity (Wildman–Crippen MR) is 312 cm³/mol. The van der Waals surface area contributed by atoms with E-state index in [2.05, 4.69) is 44.8 Å². The van der Waals surface area contributed by atoms with Gasteiger partial charge >= 0.3 is 0 Å². The summed E-state index contributed by atoms with van der Waals surface area (Å²) in [6.07, 6.45) is 12.2. The molecule has 1 saturated heterocycles. The van der Waals surface area contributed by atoms with Gasteiger partial charge in [-0.1, -0.05) is 83.1 Å². The second-order valence-electron chi connectivity index (χ2n) is 19.6. The van der Waals surface area contributed by atoms with E-state index in [-0.39, 0.29) is 56.3 Å². The van der Waals surface area contributed by atoms with Crippen molar-refractivity contribution in [2.24, 2.45) is 22.3 Å². The minimum Gasteiger partial charge on any atom is -0.382 e. The minimum absolute atomic E-state index is 0.00766. The average Bonchev–Trinajstić information content (AvgIpc) is 3.92. The summed E-state index contributed by atoms with van der Waals surface area (Å²) in [5.74, 6) is 1.19. The molecular weight excluding hydrogens is 1200 g/mol. The zero-order chi connectivity index (χ0) is 57.4. The number of piperidine rings is 1. The van der Waals surface area contributed by atoms with Gasteiger partial charge in [-0.15, -0.1) is 27.2 Å². The third kappa shape index (κ3) is 11.7. The zero-order valence-electron chi connectivity index (χ0n) is 42.6. The smallest absolute Gasteiger partial charge is 0.283 e. The Kier molecular flexibility index (Phi) is 17.1. The Morgan fingerprint density at radius 2 is 1.09 bits per heavy atom. The molecule has 1 saturated carbocycles. The number of hydrogen-bond donors (Lipinski definition) is 6. The molecule has 2 atom stereocenters. The number of anilines is 5. The highest BCUT2D eigenvalue weighted by atomic mass is 35.5. The van der Waals surface area contributed by atoms with Crippen molar-refractivity contribution in [1.29, 1.82) is 0 Å². The predicted octanol–water partition coefficient (Wildman–Crippen LogP) is 9.43. The number of sulfonamides is 2. The Morgan fingerprint density at radius 1 is 0.617 bits per heavy atom. The van der Waals surface area contributed by atoms with E-state index in [1.165, 1.54) is 69.8 Å². The normalized spacial score (nSPS) is 20.1. The van der Waals surface area contributed by atoms with Crippen molar-refractivity contribution in [2.75, 3.05) is 40.9 Å². The van der Waals surface area contributed by atoms with Crippen molar-refractivity contribution >= 4 is 119 Å². The molecule has 30 heteroatoms. The van der Waals surface area contributed by atoms with Gasteiger partial charge in [0.15, 0.2) is 11.6 Å². The van der Waals surface area contributed by atoms with E-state index >= 15 is 0 Å². The number of halogens is 4. The lowest BCUT2D eigenvalue weighted by atomic mass is 9.66. The van der Waals surface area contributed by atoms with Crippen LogP contribution in [0.4, 0.5) is 38.0 Å². The molecular formula is C51H52Cl2F2N16O4S6. The lowest BCUT2D eigenvalue weighted by Gasteiger charge is -2.42. The molecule has 6 aromatic heterocycles. The fourth-order valence-electron chi connectivity index (χ4n) is 10.5. The van der Waals surface area contributed by atoms with E-state index in [9.17, 15) is 25.7 Å². The van der Waals surface area contributed by atoms with E-state index in [0.717, 1.165) is 117 Å². The van der Waals surface area contributed by atoms with Crippen molar-refractivity contribution in [2.45, 2.75) is 99.0 Å². The van der Waals surface area contributed by atoms with E-state index < -0.39 is 39.7 Å². The maximum absolute atomic E-state index is 15.0. The topological polar surface area (TPSA) is 334 Å². The van der Waals surface area contributed by atoms with E-state index in [4.69, 9.17) is 57.6 Å². The van der Waals surface area contributed by atoms with Crippen molar-refractivity contribution in [3.63, 3.8) is 0 Å². The molecule has 8 aromatic rings. The van der Waals surface area contributed by atoms with Crippen molar-refractivity contribution in [3.05, 3.63) is 145 Å². The highest BCUT2D eigenvalue weighted by molar-refractivity contribution is 8.03. The SMILES string of the molecule is Nc1nc(C2CCC3(CC2)Cc2ncsc2[C@H]3N)c(F)nc1Sc1ccnc(N)c1Cl.Nc1nc(N2CCC3(CC2)Cc2ncsc2[C@H]3N)cnc1Sc1ccnc(N)c1Cl.O=S(=O)(c1ccccc1)N(F)S(=O)(=O)c1ccccc1. The maximum atomic E-state index is 15.0. The van der Waals surface area contributed by atoms with Gasteiger partial charge in [0.05, 0.1) is 52.4 Å². The van der Waals surface area contributed by atoms with Gasteiger partial charge in [0.1, 0.15) is 33.2 Å². The molecule has 1 aliphatic heterocycles. The van der Waals surface area contributed by atoms with Crippen molar-refractivity contribution in [3.8, 4) is 0 Å². The first-order valence-electron chi connectivity index (χ1n) is 25.0. The summed E-state index contributed by atoms with van der Waals surface area (Å²) in [5, 5.41) is 1.53. The van der Waals surface area contributed by atoms with Gasteiger partial charge in [-0.2, -0.15) is 4.39 Å². The fraction of sp³-hybridized carbons (Fsp3) is 0.294. The molecule has 4 aliphatic rings. The third-order valence-corrected chi connectivity index (χ3v) is 23.7. The van der Waals surface area contributed by atoms with Gasteiger partial charge in [0.2, 0.25) is 5.95 Å². The van der Waals surface area contributed by atoms with Gasteiger partial charge in [-0.3, -0.25) is 0 Å². The highest BCUT2D eigenvalue weighted by Crippen LogP contribution is 2.56. The van der Waals surface area contributed by atoms with Crippen LogP contribution in [-0.2, 0) is 32.9 Å². The number of fused-ring (bicyclic) bond motifs is 2. The van der Waals surface area contributed by atoms with Crippen LogP contribution in [-0.4, -0.2) is 73.7 Å². The second-order valence-corrected chi connectivity index (χ2v) is 27.9. The summed E-state index contributed by atoms with van der Waals surface area (Å²) < 4.78 is 75.5. The van der Waals surface area contributed by atoms with Crippen LogP contribution in [0.25, 0.3) is 0 Å². The van der Waals surface area contributed by atoms with Crippen LogP contribution in [0.5, 0.6) is 0 Å². The largest absolute Gasteiger partial charge is 0.382 e. The minimum atomic E-state index is -4.77. The standard InChI is InChI=1S/C20H21ClFN7S2.C19H21ClN8S2.C12H10FNO4S2/c21-12-11(3-6-26-17(12)24)31-19-18(25)28-13(16(22)29-19)9-1-4-20(5-2-9)7-10-14(15(20)23)30-8-27-10;20-13-11(1-4-24-16(13)22)30-18-17(23)27-12(8-25-18)28-5-2-19(3-6-28)7-10-14(15(19)21)29-9-26-10;13-14(19(15,16)11-7-3-1-4-8-11)20(17,18)12-9-5-2-6-10-12/h3,6,8-9,15H,1-2,4-5,7,23H2,(H2,24,26)(H2,25,28);1,4,8-9,15H,2-3,5-7,21H2,(H2,22,24)(H2,23,27);1-10H/t9?,15-,20?;15-;/m11./s1. The van der Waals surface area contributed by atoms with Gasteiger partial charge in [-0.05, 0) is 98.6 Å². The van der Waals surface area contributed by atoms with Crippen molar-refractivity contribution in [1.82, 2.24) is 43.8 Å². The molecule has 0 unspecified atom stereocenters.